The average Bonchev–Trinajstić information content (AvgIpc) is 2.04. The van der Waals surface area contributed by atoms with E-state index in [1.165, 1.54) is 0 Å². The molecule has 1 rings (SSSR count). The van der Waals surface area contributed by atoms with Crippen LogP contribution in [0.3, 0.4) is 0 Å². The molecular formula is C8H13BrF2O2. The Labute approximate surface area is 84.4 Å². The molecule has 13 heavy (non-hydrogen) atoms. The highest BCUT2D eigenvalue weighted by atomic mass is 79.9. The number of methoxy groups -OCH3 is 1. The fraction of sp³-hybridized carbons (Fsp3) is 1.00. The lowest BCUT2D eigenvalue weighted by Crippen LogP contribution is -2.47. The van der Waals surface area contributed by atoms with E-state index >= 15 is 0 Å². The Morgan fingerprint density at radius 1 is 1.46 bits per heavy atom. The molecule has 0 aromatic heterocycles. The van der Waals surface area contributed by atoms with Crippen LogP contribution in [0.1, 0.15) is 25.7 Å². The van der Waals surface area contributed by atoms with Gasteiger partial charge in [-0.2, -0.15) is 8.78 Å². The van der Waals surface area contributed by atoms with Crippen LogP contribution in [0.4, 0.5) is 8.78 Å². The largest absolute Gasteiger partial charge is 0.383 e. The lowest BCUT2D eigenvalue weighted by Gasteiger charge is -2.38. The van der Waals surface area contributed by atoms with E-state index in [2.05, 4.69) is 15.9 Å². The number of rotatable bonds is 2. The molecule has 0 radical (unpaired) electrons. The molecule has 0 bridgehead atoms. The van der Waals surface area contributed by atoms with Crippen LogP contribution < -0.4 is 0 Å². The Bertz CT molecular complexity index is 173. The van der Waals surface area contributed by atoms with E-state index in [9.17, 15) is 13.9 Å². The third-order valence-electron chi connectivity index (χ3n) is 2.62. The van der Waals surface area contributed by atoms with Gasteiger partial charge in [-0.25, -0.2) is 0 Å². The molecule has 2 nitrogen and oxygen atoms in total. The van der Waals surface area contributed by atoms with Gasteiger partial charge < -0.3 is 9.84 Å². The van der Waals surface area contributed by atoms with Gasteiger partial charge in [0.25, 0.3) is 0 Å². The van der Waals surface area contributed by atoms with Crippen LogP contribution >= 0.6 is 15.9 Å². The molecule has 0 amide bonds. The lowest BCUT2D eigenvalue weighted by molar-refractivity contribution is -0.148. The Morgan fingerprint density at radius 2 is 1.92 bits per heavy atom. The minimum absolute atomic E-state index is 0.00937. The van der Waals surface area contributed by atoms with Crippen molar-refractivity contribution in [1.82, 2.24) is 0 Å². The highest BCUT2D eigenvalue weighted by molar-refractivity contribution is 9.10. The van der Waals surface area contributed by atoms with Crippen LogP contribution in [-0.2, 0) is 4.74 Å². The van der Waals surface area contributed by atoms with Crippen LogP contribution in [0.15, 0.2) is 0 Å². The summed E-state index contributed by atoms with van der Waals surface area (Å²) in [6.07, 6.45) is 1.12. The van der Waals surface area contributed by atoms with Crippen molar-refractivity contribution in [2.75, 3.05) is 7.11 Å². The topological polar surface area (TPSA) is 29.5 Å². The number of ether oxygens (including phenoxy) is 1. The summed E-state index contributed by atoms with van der Waals surface area (Å²) in [4.78, 5) is -3.20. The highest BCUT2D eigenvalue weighted by Gasteiger charge is 2.51. The molecular weight excluding hydrogens is 246 g/mol. The fourth-order valence-corrected chi connectivity index (χ4v) is 1.98. The van der Waals surface area contributed by atoms with E-state index in [1.54, 1.807) is 7.11 Å². The molecule has 0 unspecified atom stereocenters. The molecule has 0 aromatic rings. The molecule has 78 valence electrons. The summed E-state index contributed by atoms with van der Waals surface area (Å²) in [5, 5.41) is 9.57. The Hall–Kier alpha value is 0.260. The summed E-state index contributed by atoms with van der Waals surface area (Å²) < 4.78 is 30.7. The monoisotopic (exact) mass is 258 g/mol. The van der Waals surface area contributed by atoms with Gasteiger partial charge in [0, 0.05) is 7.11 Å². The molecule has 1 aliphatic rings. The lowest BCUT2D eigenvalue weighted by atomic mass is 9.83. The molecule has 0 atom stereocenters. The van der Waals surface area contributed by atoms with Gasteiger partial charge in [-0.15, -0.1) is 0 Å². The maximum absolute atomic E-state index is 12.8. The molecule has 5 heteroatoms. The van der Waals surface area contributed by atoms with Gasteiger partial charge in [0.2, 0.25) is 0 Å². The smallest absolute Gasteiger partial charge is 0.329 e. The van der Waals surface area contributed by atoms with Crippen molar-refractivity contribution >= 4 is 15.9 Å². The van der Waals surface area contributed by atoms with Gasteiger partial charge in [0.05, 0.1) is 6.10 Å². The van der Waals surface area contributed by atoms with E-state index < -0.39 is 10.4 Å². The highest BCUT2D eigenvalue weighted by Crippen LogP contribution is 2.44. The van der Waals surface area contributed by atoms with Crippen LogP contribution in [-0.4, -0.2) is 28.8 Å². The second kappa shape index (κ2) is 3.79. The zero-order valence-corrected chi connectivity index (χ0v) is 8.98. The Kier molecular flexibility index (Phi) is 3.30. The standard InChI is InChI=1S/C8H13BrF2O2/c1-13-6-2-4-7(12,5-3-6)8(9,10)11/h6,12H,2-5H2,1H3. The fourth-order valence-electron chi connectivity index (χ4n) is 1.59. The van der Waals surface area contributed by atoms with Crippen LogP contribution in [0.25, 0.3) is 0 Å². The summed E-state index contributed by atoms with van der Waals surface area (Å²) >= 11 is 2.21. The van der Waals surface area contributed by atoms with Crippen molar-refractivity contribution in [3.05, 3.63) is 0 Å². The summed E-state index contributed by atoms with van der Waals surface area (Å²) in [5.41, 5.74) is -1.90. The molecule has 1 fully saturated rings. The van der Waals surface area contributed by atoms with E-state index in [1.807, 2.05) is 0 Å². The summed E-state index contributed by atoms with van der Waals surface area (Å²) in [6.45, 7) is 0. The quantitative estimate of drug-likeness (QED) is 0.771. The Balaban J connectivity index is 2.57. The molecule has 0 aliphatic heterocycles. The van der Waals surface area contributed by atoms with Crippen molar-refractivity contribution in [2.45, 2.75) is 42.2 Å². The normalized spacial score (nSPS) is 36.2. The molecule has 1 N–H and O–H groups in total. The van der Waals surface area contributed by atoms with Gasteiger partial charge in [0.15, 0.2) is 0 Å². The number of aliphatic hydroxyl groups is 1. The van der Waals surface area contributed by atoms with Gasteiger partial charge >= 0.3 is 4.83 Å². The molecule has 0 aromatic carbocycles. The van der Waals surface area contributed by atoms with Gasteiger partial charge in [0.1, 0.15) is 5.60 Å². The van der Waals surface area contributed by atoms with Gasteiger partial charge in [-0.1, -0.05) is 0 Å². The SMILES string of the molecule is COC1CCC(O)(C(F)(F)Br)CC1. The third-order valence-corrected chi connectivity index (χ3v) is 3.36. The first-order valence-electron chi connectivity index (χ1n) is 4.21. The van der Waals surface area contributed by atoms with Crippen molar-refractivity contribution in [1.29, 1.82) is 0 Å². The summed E-state index contributed by atoms with van der Waals surface area (Å²) in [5.74, 6) is 0. The van der Waals surface area contributed by atoms with Crippen LogP contribution in [0, 0.1) is 0 Å². The molecule has 0 heterocycles. The minimum atomic E-state index is -3.20. The van der Waals surface area contributed by atoms with E-state index in [4.69, 9.17) is 4.74 Å². The zero-order chi connectivity index (χ0) is 10.1. The molecule has 1 aliphatic carbocycles. The predicted octanol–water partition coefficient (Wildman–Crippen LogP) is 2.29. The van der Waals surface area contributed by atoms with E-state index in [-0.39, 0.29) is 18.9 Å². The molecule has 1 saturated carbocycles. The Morgan fingerprint density at radius 3 is 2.23 bits per heavy atom. The van der Waals surface area contributed by atoms with Crippen molar-refractivity contribution in [3.63, 3.8) is 0 Å². The molecule has 0 spiro atoms. The first-order chi connectivity index (χ1) is 5.89. The first kappa shape index (κ1) is 11.3. The van der Waals surface area contributed by atoms with Gasteiger partial charge in [-0.3, -0.25) is 0 Å². The number of alkyl halides is 3. The third kappa shape index (κ3) is 2.39. The zero-order valence-electron chi connectivity index (χ0n) is 7.40. The van der Waals surface area contributed by atoms with E-state index in [0.717, 1.165) is 0 Å². The summed E-state index contributed by atoms with van der Waals surface area (Å²) in [7, 11) is 1.56. The van der Waals surface area contributed by atoms with Crippen LogP contribution in [0.5, 0.6) is 0 Å². The second-order valence-corrected chi connectivity index (χ2v) is 4.46. The van der Waals surface area contributed by atoms with Crippen LogP contribution in [0.2, 0.25) is 0 Å². The maximum Gasteiger partial charge on any atom is 0.329 e. The average molecular weight is 259 g/mol. The van der Waals surface area contributed by atoms with Crippen molar-refractivity contribution in [3.8, 4) is 0 Å². The molecule has 0 saturated heterocycles. The number of hydrogen-bond acceptors (Lipinski definition) is 2. The summed E-state index contributed by atoms with van der Waals surface area (Å²) in [6, 6.07) is 0. The van der Waals surface area contributed by atoms with Crippen molar-refractivity contribution < 1.29 is 18.6 Å². The first-order valence-corrected chi connectivity index (χ1v) is 5.00. The number of hydrogen-bond donors (Lipinski definition) is 1. The predicted molar refractivity (Wildman–Crippen MR) is 48.1 cm³/mol. The second-order valence-electron chi connectivity index (χ2n) is 3.46. The maximum atomic E-state index is 12.8. The number of halogens is 3. The van der Waals surface area contributed by atoms with Gasteiger partial charge in [-0.05, 0) is 41.6 Å². The van der Waals surface area contributed by atoms with Crippen molar-refractivity contribution in [2.24, 2.45) is 0 Å². The van der Waals surface area contributed by atoms with E-state index in [0.29, 0.717) is 12.8 Å². The minimum Gasteiger partial charge on any atom is -0.383 e.